The molecule has 0 saturated carbocycles. The molecule has 1 fully saturated rings. The van der Waals surface area contributed by atoms with Crippen molar-refractivity contribution in [2.24, 2.45) is 11.7 Å². The van der Waals surface area contributed by atoms with Crippen molar-refractivity contribution in [2.45, 2.75) is 13.3 Å². The Kier molecular flexibility index (Phi) is 1.86. The van der Waals surface area contributed by atoms with Crippen LogP contribution < -0.4 is 5.73 Å². The number of rotatable bonds is 2. The van der Waals surface area contributed by atoms with Gasteiger partial charge < -0.3 is 5.73 Å². The minimum Gasteiger partial charge on any atom is -0.318 e. The Hall–Kier alpha value is -0.0800. The number of likely N-dealkylation sites (tertiary alicyclic amines) is 1. The first-order valence-corrected chi connectivity index (χ1v) is 3.29. The van der Waals surface area contributed by atoms with Crippen molar-refractivity contribution >= 4 is 0 Å². The van der Waals surface area contributed by atoms with Crippen LogP contribution in [0.1, 0.15) is 13.3 Å². The van der Waals surface area contributed by atoms with Crippen LogP contribution in [-0.2, 0) is 0 Å². The lowest BCUT2D eigenvalue weighted by molar-refractivity contribution is 0.101. The molecule has 1 saturated heterocycles. The van der Waals surface area contributed by atoms with Crippen molar-refractivity contribution < 1.29 is 0 Å². The van der Waals surface area contributed by atoms with Crippen LogP contribution in [0.5, 0.6) is 0 Å². The molecule has 0 aliphatic carbocycles. The molecule has 1 heterocycles. The van der Waals surface area contributed by atoms with Crippen molar-refractivity contribution in [3.8, 4) is 0 Å². The lowest BCUT2D eigenvalue weighted by Crippen LogP contribution is -2.48. The molecule has 0 atom stereocenters. The molecule has 48 valence electrons. The number of hydrogen-bond donors (Lipinski definition) is 1. The minimum absolute atomic E-state index is 0.747. The van der Waals surface area contributed by atoms with E-state index in [0.717, 1.165) is 12.6 Å². The van der Waals surface area contributed by atoms with Gasteiger partial charge in [0.15, 0.2) is 0 Å². The van der Waals surface area contributed by atoms with Gasteiger partial charge in [-0.15, -0.1) is 0 Å². The summed E-state index contributed by atoms with van der Waals surface area (Å²) < 4.78 is 0. The van der Waals surface area contributed by atoms with Gasteiger partial charge in [-0.25, -0.2) is 0 Å². The zero-order valence-corrected chi connectivity index (χ0v) is 5.43. The van der Waals surface area contributed by atoms with Crippen LogP contribution in [0.4, 0.5) is 0 Å². The quantitative estimate of drug-likeness (QED) is 0.557. The maximum Gasteiger partial charge on any atom is 0.0455 e. The third kappa shape index (κ3) is 1.01. The fraction of sp³-hybridized carbons (Fsp3) is 1.00. The molecule has 0 aromatic carbocycles. The van der Waals surface area contributed by atoms with E-state index in [4.69, 9.17) is 5.73 Å². The van der Waals surface area contributed by atoms with E-state index in [-0.39, 0.29) is 0 Å². The van der Waals surface area contributed by atoms with E-state index in [2.05, 4.69) is 11.8 Å². The van der Waals surface area contributed by atoms with Gasteiger partial charge in [0.05, 0.1) is 0 Å². The number of nitrogens with zero attached hydrogens (tertiary/aromatic N) is 1. The number of nitrogens with two attached hydrogens (primary N) is 1. The molecule has 0 unspecified atom stereocenters. The van der Waals surface area contributed by atoms with Crippen molar-refractivity contribution in [3.63, 3.8) is 0 Å². The van der Waals surface area contributed by atoms with Crippen LogP contribution in [0.25, 0.3) is 0 Å². The van der Waals surface area contributed by atoms with Gasteiger partial charge >= 0.3 is 0 Å². The third-order valence-electron chi connectivity index (χ3n) is 1.87. The van der Waals surface area contributed by atoms with Gasteiger partial charge in [0, 0.05) is 19.8 Å². The van der Waals surface area contributed by atoms with Gasteiger partial charge in [0.2, 0.25) is 0 Å². The molecule has 1 aliphatic rings. The van der Waals surface area contributed by atoms with E-state index in [0.29, 0.717) is 0 Å². The summed E-state index contributed by atoms with van der Waals surface area (Å²) in [6, 6.07) is 0. The highest BCUT2D eigenvalue weighted by Crippen LogP contribution is 2.15. The van der Waals surface area contributed by atoms with E-state index < -0.39 is 0 Å². The molecule has 1 aliphatic heterocycles. The van der Waals surface area contributed by atoms with Crippen molar-refractivity contribution in [3.05, 3.63) is 0 Å². The van der Waals surface area contributed by atoms with Crippen LogP contribution in [0.15, 0.2) is 0 Å². The van der Waals surface area contributed by atoms with E-state index in [1.54, 1.807) is 0 Å². The lowest BCUT2D eigenvalue weighted by Gasteiger charge is -2.37. The second kappa shape index (κ2) is 2.46. The van der Waals surface area contributed by atoms with Gasteiger partial charge in [0.25, 0.3) is 0 Å². The first kappa shape index (κ1) is 6.05. The van der Waals surface area contributed by atoms with Crippen LogP contribution in [-0.4, -0.2) is 24.7 Å². The zero-order valence-electron chi connectivity index (χ0n) is 5.43. The summed E-state index contributed by atoms with van der Waals surface area (Å²) >= 11 is 0. The SMILES string of the molecule is CCC1CN(CN)C1. The normalized spacial score (nSPS) is 23.2. The van der Waals surface area contributed by atoms with Gasteiger partial charge in [-0.2, -0.15) is 0 Å². The maximum atomic E-state index is 5.38. The molecule has 2 nitrogen and oxygen atoms in total. The molecule has 0 spiro atoms. The van der Waals surface area contributed by atoms with Crippen molar-refractivity contribution in [1.82, 2.24) is 4.90 Å². The molecule has 2 heteroatoms. The Morgan fingerprint density at radius 3 is 2.62 bits per heavy atom. The largest absolute Gasteiger partial charge is 0.318 e. The molecule has 0 aromatic heterocycles. The third-order valence-corrected chi connectivity index (χ3v) is 1.87. The average molecular weight is 114 g/mol. The van der Waals surface area contributed by atoms with Gasteiger partial charge in [0.1, 0.15) is 0 Å². The monoisotopic (exact) mass is 114 g/mol. The summed E-state index contributed by atoms with van der Waals surface area (Å²) in [6.45, 7) is 5.44. The van der Waals surface area contributed by atoms with E-state index >= 15 is 0 Å². The fourth-order valence-corrected chi connectivity index (χ4v) is 1.08. The molecule has 0 radical (unpaired) electrons. The maximum absolute atomic E-state index is 5.38. The summed E-state index contributed by atoms with van der Waals surface area (Å²) in [4.78, 5) is 2.26. The molecule has 0 aromatic rings. The Balaban J connectivity index is 2.03. The summed E-state index contributed by atoms with van der Waals surface area (Å²) in [5.41, 5.74) is 5.38. The standard InChI is InChI=1S/C6H14N2/c1-2-6-3-8(4-6)5-7/h6H,2-5,7H2,1H3. The summed E-state index contributed by atoms with van der Waals surface area (Å²) in [5, 5.41) is 0. The van der Waals surface area contributed by atoms with Gasteiger partial charge in [-0.1, -0.05) is 13.3 Å². The van der Waals surface area contributed by atoms with Crippen LogP contribution in [0.3, 0.4) is 0 Å². The second-order valence-corrected chi connectivity index (χ2v) is 2.49. The minimum atomic E-state index is 0.747. The molecular weight excluding hydrogens is 100 g/mol. The Morgan fingerprint density at radius 2 is 2.25 bits per heavy atom. The highest BCUT2D eigenvalue weighted by atomic mass is 15.2. The highest BCUT2D eigenvalue weighted by molar-refractivity contribution is 4.76. The van der Waals surface area contributed by atoms with Crippen LogP contribution in [0.2, 0.25) is 0 Å². The van der Waals surface area contributed by atoms with E-state index in [1.807, 2.05) is 0 Å². The van der Waals surface area contributed by atoms with Crippen molar-refractivity contribution in [2.75, 3.05) is 19.8 Å². The smallest absolute Gasteiger partial charge is 0.0455 e. The predicted octanol–water partition coefficient (Wildman–Crippen LogP) is 0.244. The molecular formula is C6H14N2. The van der Waals surface area contributed by atoms with E-state index in [9.17, 15) is 0 Å². The highest BCUT2D eigenvalue weighted by Gasteiger charge is 2.22. The zero-order chi connectivity index (χ0) is 5.98. The summed E-state index contributed by atoms with van der Waals surface area (Å²) in [5.74, 6) is 0.943. The number of hydrogen-bond acceptors (Lipinski definition) is 2. The van der Waals surface area contributed by atoms with Crippen LogP contribution in [0, 0.1) is 5.92 Å². The predicted molar refractivity (Wildman–Crippen MR) is 34.4 cm³/mol. The lowest BCUT2D eigenvalue weighted by atomic mass is 9.98. The first-order chi connectivity index (χ1) is 3.86. The summed E-state index contributed by atoms with van der Waals surface area (Å²) in [6.07, 6.45) is 1.32. The average Bonchev–Trinajstić information content (AvgIpc) is 1.65. The van der Waals surface area contributed by atoms with Crippen LogP contribution >= 0.6 is 0 Å². The Bertz CT molecular complexity index is 58.9. The fourth-order valence-electron chi connectivity index (χ4n) is 1.08. The van der Waals surface area contributed by atoms with E-state index in [1.165, 1.54) is 19.5 Å². The second-order valence-electron chi connectivity index (χ2n) is 2.49. The Morgan fingerprint density at radius 1 is 1.62 bits per heavy atom. The van der Waals surface area contributed by atoms with Gasteiger partial charge in [-0.3, -0.25) is 4.90 Å². The topological polar surface area (TPSA) is 29.3 Å². The van der Waals surface area contributed by atoms with Gasteiger partial charge in [-0.05, 0) is 5.92 Å². The molecule has 2 N–H and O–H groups in total. The molecule has 0 amide bonds. The molecule has 8 heavy (non-hydrogen) atoms. The summed E-state index contributed by atoms with van der Waals surface area (Å²) in [7, 11) is 0. The first-order valence-electron chi connectivity index (χ1n) is 3.29. The Labute approximate surface area is 50.7 Å². The van der Waals surface area contributed by atoms with Crippen molar-refractivity contribution in [1.29, 1.82) is 0 Å². The molecule has 0 bridgehead atoms. The molecule has 1 rings (SSSR count).